The summed E-state index contributed by atoms with van der Waals surface area (Å²) in [5.41, 5.74) is -0.0176. The van der Waals surface area contributed by atoms with E-state index in [0.29, 0.717) is 0 Å². The average Bonchev–Trinajstić information content (AvgIpc) is 2.04. The summed E-state index contributed by atoms with van der Waals surface area (Å²) in [5.74, 6) is 0. The number of alkyl halides is 3. The molecule has 0 aromatic heterocycles. The van der Waals surface area contributed by atoms with Gasteiger partial charge in [-0.3, -0.25) is 0 Å². The minimum atomic E-state index is -4.34. The molecule has 0 bridgehead atoms. The molecule has 0 N–H and O–H groups in total. The first-order valence-electron chi connectivity index (χ1n) is 4.15. The summed E-state index contributed by atoms with van der Waals surface area (Å²) in [6, 6.07) is 3.90. The molecule has 16 heavy (non-hydrogen) atoms. The number of rotatable bonds is 2. The van der Waals surface area contributed by atoms with Crippen LogP contribution in [0.15, 0.2) is 23.1 Å². The molecule has 0 aliphatic rings. The van der Waals surface area contributed by atoms with Crippen LogP contribution in [0.5, 0.6) is 0 Å². The van der Waals surface area contributed by atoms with Gasteiger partial charge in [0.1, 0.15) is 0 Å². The summed E-state index contributed by atoms with van der Waals surface area (Å²) in [7, 11) is -3.49. The molecule has 0 fully saturated rings. The fourth-order valence-electron chi connectivity index (χ4n) is 1.20. The van der Waals surface area contributed by atoms with Crippen LogP contribution < -0.4 is 0 Å². The molecule has 0 aliphatic carbocycles. The summed E-state index contributed by atoms with van der Waals surface area (Å²) < 4.78 is 59.3. The van der Waals surface area contributed by atoms with Gasteiger partial charge in [-0.15, -0.1) is 0 Å². The quantitative estimate of drug-likeness (QED) is 0.757. The van der Waals surface area contributed by atoms with Crippen LogP contribution in [0.3, 0.4) is 0 Å². The van der Waals surface area contributed by atoms with Gasteiger partial charge in [0.2, 0.25) is 0 Å². The maximum Gasteiger partial charge on any atom is 0.393 e. The first kappa shape index (κ1) is 13.8. The Bertz CT molecular complexity index is 494. The van der Waals surface area contributed by atoms with E-state index < -0.39 is 22.4 Å². The van der Waals surface area contributed by atoms with Crippen LogP contribution in [-0.4, -0.2) is 20.8 Å². The van der Waals surface area contributed by atoms with Gasteiger partial charge in [0.25, 0.3) is 0 Å². The molecule has 0 saturated heterocycles. The largest absolute Gasteiger partial charge is 0.393 e. The summed E-state index contributed by atoms with van der Waals surface area (Å²) in [6.07, 6.45) is -4.48. The predicted molar refractivity (Wildman–Crippen MR) is 62.0 cm³/mol. The zero-order valence-electron chi connectivity index (χ0n) is 8.18. The minimum Gasteiger partial charge on any atom is -0.224 e. The lowest BCUT2D eigenvalue weighted by molar-refractivity contribution is -0.127. The molecule has 0 amide bonds. The Morgan fingerprint density at radius 1 is 1.31 bits per heavy atom. The van der Waals surface area contributed by atoms with Gasteiger partial charge in [-0.1, -0.05) is 12.1 Å². The van der Waals surface area contributed by atoms with E-state index in [0.717, 1.165) is 6.26 Å². The van der Waals surface area contributed by atoms with Gasteiger partial charge in [-0.05, 0) is 34.2 Å². The van der Waals surface area contributed by atoms with E-state index in [-0.39, 0.29) is 14.0 Å². The lowest BCUT2D eigenvalue weighted by Gasteiger charge is -2.10. The van der Waals surface area contributed by atoms with Crippen LogP contribution >= 0.6 is 22.6 Å². The van der Waals surface area contributed by atoms with Gasteiger partial charge < -0.3 is 0 Å². The number of hydrogen-bond donors (Lipinski definition) is 0. The Kier molecular flexibility index (Phi) is 3.88. The molecule has 0 unspecified atom stereocenters. The highest BCUT2D eigenvalue weighted by Gasteiger charge is 2.29. The van der Waals surface area contributed by atoms with Crippen molar-refractivity contribution in [2.75, 3.05) is 6.26 Å². The number of halogens is 4. The van der Waals surface area contributed by atoms with Crippen LogP contribution in [0, 0.1) is 3.57 Å². The molecule has 0 saturated carbocycles. The van der Waals surface area contributed by atoms with Crippen molar-refractivity contribution in [3.05, 3.63) is 27.3 Å². The number of sulfone groups is 1. The zero-order valence-corrected chi connectivity index (χ0v) is 11.1. The molecular formula is C9H8F3IO2S. The normalized spacial score (nSPS) is 12.8. The number of hydrogen-bond acceptors (Lipinski definition) is 2. The van der Waals surface area contributed by atoms with Crippen molar-refractivity contribution in [3.8, 4) is 0 Å². The highest BCUT2D eigenvalue weighted by atomic mass is 127. The maximum atomic E-state index is 12.2. The second kappa shape index (κ2) is 4.52. The Morgan fingerprint density at radius 2 is 1.88 bits per heavy atom. The predicted octanol–water partition coefficient (Wildman–Crippen LogP) is 2.80. The molecule has 7 heteroatoms. The van der Waals surface area contributed by atoms with Gasteiger partial charge in [0, 0.05) is 9.83 Å². The molecule has 1 rings (SSSR count). The molecule has 0 heterocycles. The van der Waals surface area contributed by atoms with E-state index in [4.69, 9.17) is 0 Å². The van der Waals surface area contributed by atoms with E-state index in [1.807, 2.05) is 0 Å². The van der Waals surface area contributed by atoms with Crippen molar-refractivity contribution in [2.45, 2.75) is 17.5 Å². The average molecular weight is 364 g/mol. The second-order valence-corrected chi connectivity index (χ2v) is 6.36. The van der Waals surface area contributed by atoms with E-state index in [2.05, 4.69) is 0 Å². The Balaban J connectivity index is 3.25. The van der Waals surface area contributed by atoms with Crippen molar-refractivity contribution in [1.82, 2.24) is 0 Å². The van der Waals surface area contributed by atoms with E-state index in [1.54, 1.807) is 22.6 Å². The van der Waals surface area contributed by atoms with Crippen LogP contribution in [0.2, 0.25) is 0 Å². The molecule has 1 aromatic carbocycles. The van der Waals surface area contributed by atoms with Crippen LogP contribution in [0.25, 0.3) is 0 Å². The van der Waals surface area contributed by atoms with Crippen LogP contribution in [0.1, 0.15) is 5.56 Å². The van der Waals surface area contributed by atoms with Crippen LogP contribution in [0.4, 0.5) is 13.2 Å². The standard InChI is InChI=1S/C9H8F3IO2S/c1-16(14,15)7-4-2-3-6(8(7)13)5-9(10,11)12/h2-4H,5H2,1H3. The Hall–Kier alpha value is -0.310. The van der Waals surface area contributed by atoms with Gasteiger partial charge in [0.15, 0.2) is 9.84 Å². The Labute approximate surface area is 105 Å². The third-order valence-electron chi connectivity index (χ3n) is 1.83. The molecule has 90 valence electrons. The van der Waals surface area contributed by atoms with Crippen LogP contribution in [-0.2, 0) is 16.3 Å². The molecule has 2 nitrogen and oxygen atoms in total. The van der Waals surface area contributed by atoms with E-state index in [1.165, 1.54) is 18.2 Å². The molecule has 0 atom stereocenters. The van der Waals surface area contributed by atoms with Crippen molar-refractivity contribution < 1.29 is 21.6 Å². The van der Waals surface area contributed by atoms with Crippen molar-refractivity contribution in [3.63, 3.8) is 0 Å². The number of benzene rings is 1. The molecule has 0 spiro atoms. The third-order valence-corrected chi connectivity index (χ3v) is 4.61. The lowest BCUT2D eigenvalue weighted by Crippen LogP contribution is -2.14. The van der Waals surface area contributed by atoms with Crippen molar-refractivity contribution in [1.29, 1.82) is 0 Å². The third kappa shape index (κ3) is 3.62. The maximum absolute atomic E-state index is 12.2. The summed E-state index contributed by atoms with van der Waals surface area (Å²) in [5, 5.41) is 0. The highest BCUT2D eigenvalue weighted by Crippen LogP contribution is 2.28. The SMILES string of the molecule is CS(=O)(=O)c1cccc(CC(F)(F)F)c1I. The molecule has 1 aromatic rings. The fourth-order valence-corrected chi connectivity index (χ4v) is 3.73. The van der Waals surface area contributed by atoms with Crippen molar-refractivity contribution in [2.24, 2.45) is 0 Å². The fraction of sp³-hybridized carbons (Fsp3) is 0.333. The Morgan fingerprint density at radius 3 is 2.31 bits per heavy atom. The molecular weight excluding hydrogens is 356 g/mol. The van der Waals surface area contributed by atoms with Gasteiger partial charge in [-0.2, -0.15) is 13.2 Å². The zero-order chi connectivity index (χ0) is 12.6. The summed E-state index contributed by atoms with van der Waals surface area (Å²) >= 11 is 1.63. The van der Waals surface area contributed by atoms with E-state index in [9.17, 15) is 21.6 Å². The second-order valence-electron chi connectivity index (χ2n) is 3.29. The lowest BCUT2D eigenvalue weighted by atomic mass is 10.1. The first-order chi connectivity index (χ1) is 7.11. The van der Waals surface area contributed by atoms with E-state index >= 15 is 0 Å². The summed E-state index contributed by atoms with van der Waals surface area (Å²) in [4.78, 5) is -0.0603. The topological polar surface area (TPSA) is 34.1 Å². The molecule has 0 aliphatic heterocycles. The van der Waals surface area contributed by atoms with Gasteiger partial charge >= 0.3 is 6.18 Å². The van der Waals surface area contributed by atoms with Gasteiger partial charge in [-0.25, -0.2) is 8.42 Å². The smallest absolute Gasteiger partial charge is 0.224 e. The minimum absolute atomic E-state index is 0.0176. The molecule has 0 radical (unpaired) electrons. The monoisotopic (exact) mass is 364 g/mol. The highest BCUT2D eigenvalue weighted by molar-refractivity contribution is 14.1. The summed E-state index contributed by atoms with van der Waals surface area (Å²) in [6.45, 7) is 0. The first-order valence-corrected chi connectivity index (χ1v) is 7.12. The van der Waals surface area contributed by atoms with Crippen molar-refractivity contribution >= 4 is 32.4 Å². The van der Waals surface area contributed by atoms with Gasteiger partial charge in [0.05, 0.1) is 11.3 Å².